The number of aryl methyl sites for hydroxylation is 1. The van der Waals surface area contributed by atoms with Crippen LogP contribution in [0.25, 0.3) is 0 Å². The largest absolute Gasteiger partial charge is 0.508 e. The number of aromatic nitrogens is 3. The number of thioether (sulfide) groups is 1. The van der Waals surface area contributed by atoms with Gasteiger partial charge in [-0.25, -0.2) is 4.68 Å². The molecule has 22 heavy (non-hydrogen) atoms. The Hall–Kier alpha value is -2.22. The number of carbonyl (C=O) groups is 1. The minimum atomic E-state index is -0.172. The van der Waals surface area contributed by atoms with Gasteiger partial charge in [0.25, 0.3) is 0 Å². The molecule has 0 atom stereocenters. The fourth-order valence-electron chi connectivity index (χ4n) is 1.78. The van der Waals surface area contributed by atoms with Gasteiger partial charge in [-0.2, -0.15) is 0 Å². The number of nitrogen functional groups attached to an aromatic ring is 1. The predicted molar refractivity (Wildman–Crippen MR) is 86.2 cm³/mol. The molecule has 118 valence electrons. The molecule has 1 amide bonds. The highest BCUT2D eigenvalue weighted by molar-refractivity contribution is 7.99. The number of hydrogen-bond acceptors (Lipinski definition) is 6. The van der Waals surface area contributed by atoms with E-state index in [1.807, 2.05) is 0 Å². The molecule has 0 spiro atoms. The second-order valence-corrected chi connectivity index (χ2v) is 5.70. The SMILES string of the molecule is CCCCc1nnc(SCC(=O)Nc2ccc(O)cc2)n1N. The third-order valence-corrected chi connectivity index (χ3v) is 3.92. The summed E-state index contributed by atoms with van der Waals surface area (Å²) < 4.78 is 1.44. The summed E-state index contributed by atoms with van der Waals surface area (Å²) >= 11 is 1.23. The van der Waals surface area contributed by atoms with Crippen molar-refractivity contribution in [2.75, 3.05) is 16.9 Å². The number of anilines is 1. The van der Waals surface area contributed by atoms with Crippen molar-refractivity contribution in [3.8, 4) is 5.75 Å². The molecule has 0 unspecified atom stereocenters. The zero-order chi connectivity index (χ0) is 15.9. The number of amides is 1. The maximum absolute atomic E-state index is 11.9. The highest BCUT2D eigenvalue weighted by Crippen LogP contribution is 2.17. The van der Waals surface area contributed by atoms with Crippen molar-refractivity contribution < 1.29 is 9.90 Å². The van der Waals surface area contributed by atoms with Crippen molar-refractivity contribution >= 4 is 23.4 Å². The maximum atomic E-state index is 11.9. The summed E-state index contributed by atoms with van der Waals surface area (Å²) in [5.74, 6) is 6.80. The van der Waals surface area contributed by atoms with Crippen LogP contribution < -0.4 is 11.2 Å². The van der Waals surface area contributed by atoms with E-state index < -0.39 is 0 Å². The number of benzene rings is 1. The molecule has 1 aromatic carbocycles. The first kappa shape index (κ1) is 16.2. The third-order valence-electron chi connectivity index (χ3n) is 2.97. The molecule has 2 rings (SSSR count). The summed E-state index contributed by atoms with van der Waals surface area (Å²) in [5, 5.41) is 20.5. The molecule has 0 radical (unpaired) electrons. The van der Waals surface area contributed by atoms with E-state index in [9.17, 15) is 9.90 Å². The molecule has 1 heterocycles. The van der Waals surface area contributed by atoms with Gasteiger partial charge in [-0.15, -0.1) is 10.2 Å². The van der Waals surface area contributed by atoms with Crippen LogP contribution in [-0.2, 0) is 11.2 Å². The Labute approximate surface area is 132 Å². The van der Waals surface area contributed by atoms with E-state index in [1.54, 1.807) is 12.1 Å². The van der Waals surface area contributed by atoms with Crippen molar-refractivity contribution in [2.24, 2.45) is 0 Å². The predicted octanol–water partition coefficient (Wildman–Crippen LogP) is 1.77. The number of rotatable bonds is 7. The molecular weight excluding hydrogens is 302 g/mol. The Morgan fingerprint density at radius 2 is 2.09 bits per heavy atom. The molecule has 0 saturated heterocycles. The number of unbranched alkanes of at least 4 members (excludes halogenated alkanes) is 1. The van der Waals surface area contributed by atoms with Crippen molar-refractivity contribution in [1.29, 1.82) is 0 Å². The van der Waals surface area contributed by atoms with Gasteiger partial charge in [0.1, 0.15) is 5.75 Å². The Morgan fingerprint density at radius 1 is 1.36 bits per heavy atom. The fourth-order valence-corrected chi connectivity index (χ4v) is 2.46. The van der Waals surface area contributed by atoms with Gasteiger partial charge in [-0.05, 0) is 30.7 Å². The number of phenolic OH excluding ortho intramolecular Hbond substituents is 1. The van der Waals surface area contributed by atoms with Crippen LogP contribution in [0, 0.1) is 0 Å². The lowest BCUT2D eigenvalue weighted by Gasteiger charge is -2.05. The summed E-state index contributed by atoms with van der Waals surface area (Å²) in [6, 6.07) is 6.29. The topological polar surface area (TPSA) is 106 Å². The molecule has 0 saturated carbocycles. The molecule has 8 heteroatoms. The molecule has 0 bridgehead atoms. The van der Waals surface area contributed by atoms with Crippen LogP contribution in [0.2, 0.25) is 0 Å². The van der Waals surface area contributed by atoms with Gasteiger partial charge >= 0.3 is 0 Å². The second-order valence-electron chi connectivity index (χ2n) is 4.76. The minimum Gasteiger partial charge on any atom is -0.508 e. The molecule has 0 aliphatic heterocycles. The summed E-state index contributed by atoms with van der Waals surface area (Å²) in [6.07, 6.45) is 2.84. The van der Waals surface area contributed by atoms with Gasteiger partial charge in [0.2, 0.25) is 11.1 Å². The number of phenols is 1. The fraction of sp³-hybridized carbons (Fsp3) is 0.357. The van der Waals surface area contributed by atoms with E-state index in [4.69, 9.17) is 5.84 Å². The first-order valence-corrected chi connectivity index (χ1v) is 7.99. The first-order chi connectivity index (χ1) is 10.6. The van der Waals surface area contributed by atoms with Crippen LogP contribution in [0.5, 0.6) is 5.75 Å². The Kier molecular flexibility index (Phi) is 5.65. The number of hydrogen-bond donors (Lipinski definition) is 3. The van der Waals surface area contributed by atoms with Crippen LogP contribution >= 0.6 is 11.8 Å². The molecule has 0 fully saturated rings. The molecule has 0 aliphatic carbocycles. The summed E-state index contributed by atoms with van der Waals surface area (Å²) in [6.45, 7) is 2.10. The zero-order valence-electron chi connectivity index (χ0n) is 12.3. The second kappa shape index (κ2) is 7.69. The van der Waals surface area contributed by atoms with Gasteiger partial charge in [0.05, 0.1) is 5.75 Å². The molecule has 1 aromatic heterocycles. The van der Waals surface area contributed by atoms with E-state index in [1.165, 1.54) is 28.6 Å². The minimum absolute atomic E-state index is 0.156. The quantitative estimate of drug-likeness (QED) is 0.408. The smallest absolute Gasteiger partial charge is 0.234 e. The van der Waals surface area contributed by atoms with E-state index in [0.717, 1.165) is 25.1 Å². The van der Waals surface area contributed by atoms with Gasteiger partial charge in [-0.1, -0.05) is 25.1 Å². The van der Waals surface area contributed by atoms with E-state index >= 15 is 0 Å². The Morgan fingerprint density at radius 3 is 2.77 bits per heavy atom. The van der Waals surface area contributed by atoms with Crippen molar-refractivity contribution in [2.45, 2.75) is 31.3 Å². The number of nitrogens with one attached hydrogen (secondary N) is 1. The van der Waals surface area contributed by atoms with Gasteiger partial charge in [0, 0.05) is 12.1 Å². The standard InChI is InChI=1S/C14H19N5O2S/c1-2-3-4-12-17-18-14(19(12)15)22-9-13(21)16-10-5-7-11(20)8-6-10/h5-8,20H,2-4,9,15H2,1H3,(H,16,21). The molecule has 0 aliphatic rings. The highest BCUT2D eigenvalue weighted by Gasteiger charge is 2.12. The highest BCUT2D eigenvalue weighted by atomic mass is 32.2. The average molecular weight is 321 g/mol. The van der Waals surface area contributed by atoms with E-state index in [0.29, 0.717) is 10.8 Å². The number of nitrogens with zero attached hydrogens (tertiary/aromatic N) is 3. The van der Waals surface area contributed by atoms with Crippen molar-refractivity contribution in [1.82, 2.24) is 14.9 Å². The van der Waals surface area contributed by atoms with Crippen LogP contribution in [0.15, 0.2) is 29.4 Å². The lowest BCUT2D eigenvalue weighted by atomic mass is 10.2. The van der Waals surface area contributed by atoms with Gasteiger partial charge in [0.15, 0.2) is 5.82 Å². The molecular formula is C14H19N5O2S. The lowest BCUT2D eigenvalue weighted by molar-refractivity contribution is -0.113. The van der Waals surface area contributed by atoms with E-state index in [-0.39, 0.29) is 17.4 Å². The molecule has 2 aromatic rings. The average Bonchev–Trinajstić information content (AvgIpc) is 2.86. The maximum Gasteiger partial charge on any atom is 0.234 e. The summed E-state index contributed by atoms with van der Waals surface area (Å²) in [7, 11) is 0. The Bertz CT molecular complexity index is 627. The van der Waals surface area contributed by atoms with E-state index in [2.05, 4.69) is 22.4 Å². The van der Waals surface area contributed by atoms with Crippen LogP contribution in [0.3, 0.4) is 0 Å². The van der Waals surface area contributed by atoms with Crippen molar-refractivity contribution in [3.63, 3.8) is 0 Å². The normalized spacial score (nSPS) is 10.6. The number of aromatic hydroxyl groups is 1. The summed E-state index contributed by atoms with van der Waals surface area (Å²) in [5.41, 5.74) is 0.626. The van der Waals surface area contributed by atoms with Gasteiger partial charge in [-0.3, -0.25) is 4.79 Å². The number of carbonyl (C=O) groups excluding carboxylic acids is 1. The number of nitrogens with two attached hydrogens (primary N) is 1. The lowest BCUT2D eigenvalue weighted by Crippen LogP contribution is -2.17. The summed E-state index contributed by atoms with van der Waals surface area (Å²) in [4.78, 5) is 11.9. The molecule has 4 N–H and O–H groups in total. The molecule has 7 nitrogen and oxygen atoms in total. The Balaban J connectivity index is 1.85. The first-order valence-electron chi connectivity index (χ1n) is 7.01. The third kappa shape index (κ3) is 4.39. The zero-order valence-corrected chi connectivity index (χ0v) is 13.1. The van der Waals surface area contributed by atoms with Crippen LogP contribution in [0.1, 0.15) is 25.6 Å². The monoisotopic (exact) mass is 321 g/mol. The van der Waals surface area contributed by atoms with Gasteiger partial charge < -0.3 is 16.3 Å². The van der Waals surface area contributed by atoms with Crippen LogP contribution in [0.4, 0.5) is 5.69 Å². The van der Waals surface area contributed by atoms with Crippen molar-refractivity contribution in [3.05, 3.63) is 30.1 Å². The van der Waals surface area contributed by atoms with Crippen LogP contribution in [-0.4, -0.2) is 31.6 Å².